The first kappa shape index (κ1) is 21.0. The van der Waals surface area contributed by atoms with E-state index in [1.807, 2.05) is 30.3 Å². The van der Waals surface area contributed by atoms with E-state index in [1.54, 1.807) is 42.6 Å². The predicted octanol–water partition coefficient (Wildman–Crippen LogP) is 3.79. The minimum atomic E-state index is -0.822. The highest BCUT2D eigenvalue weighted by Crippen LogP contribution is 2.31. The molecule has 160 valence electrons. The quantitative estimate of drug-likeness (QED) is 0.416. The predicted molar refractivity (Wildman–Crippen MR) is 119 cm³/mol. The molecular formula is C25H21FN4O2. The highest BCUT2D eigenvalue weighted by Gasteiger charge is 2.24. The third kappa shape index (κ3) is 4.27. The van der Waals surface area contributed by atoms with Gasteiger partial charge in [0, 0.05) is 11.5 Å². The van der Waals surface area contributed by atoms with Gasteiger partial charge in [-0.1, -0.05) is 54.6 Å². The fourth-order valence-electron chi connectivity index (χ4n) is 3.69. The van der Waals surface area contributed by atoms with Crippen molar-refractivity contribution in [3.8, 4) is 11.3 Å². The van der Waals surface area contributed by atoms with Crippen molar-refractivity contribution < 1.29 is 14.0 Å². The number of H-pyrrole nitrogens is 1. The highest BCUT2D eigenvalue weighted by molar-refractivity contribution is 5.93. The van der Waals surface area contributed by atoms with Gasteiger partial charge < -0.3 is 16.5 Å². The number of carbonyl (C=O) groups is 2. The number of benzene rings is 3. The number of primary amides is 2. The fourth-order valence-corrected chi connectivity index (χ4v) is 3.69. The lowest BCUT2D eigenvalue weighted by atomic mass is 9.89. The number of nitrogens with two attached hydrogens (primary N) is 2. The zero-order valence-electron chi connectivity index (χ0n) is 17.1. The third-order valence-electron chi connectivity index (χ3n) is 5.36. The topological polar surface area (TPSA) is 115 Å². The summed E-state index contributed by atoms with van der Waals surface area (Å²) in [6, 6.07) is 21.1. The van der Waals surface area contributed by atoms with Crippen molar-refractivity contribution in [2.75, 3.05) is 0 Å². The molecule has 1 atom stereocenters. The molecule has 1 aromatic heterocycles. The Morgan fingerprint density at radius 1 is 0.906 bits per heavy atom. The Morgan fingerprint density at radius 3 is 2.28 bits per heavy atom. The molecule has 5 N–H and O–H groups in total. The number of halogens is 1. The normalized spacial score (nSPS) is 11.8. The van der Waals surface area contributed by atoms with Crippen molar-refractivity contribution >= 4 is 11.8 Å². The van der Waals surface area contributed by atoms with Crippen molar-refractivity contribution in [3.05, 3.63) is 113 Å². The van der Waals surface area contributed by atoms with Crippen LogP contribution in [0, 0.1) is 5.82 Å². The van der Waals surface area contributed by atoms with Gasteiger partial charge in [0.1, 0.15) is 11.6 Å². The summed E-state index contributed by atoms with van der Waals surface area (Å²) in [5.41, 5.74) is 13.7. The standard InChI is InChI=1S/C25H21FN4O2/c26-22-18(7-4-8-19(22)24(28)32)20(13-15-5-2-1-3-6-15)25-29-14-21(30-25)16-9-11-17(12-10-16)23(27)31/h1-12,14,20H,13H2,(H2,27,31)(H2,28,32)(H,29,30)/t20-/m0/s1. The fraction of sp³-hybridized carbons (Fsp3) is 0.0800. The summed E-state index contributed by atoms with van der Waals surface area (Å²) in [4.78, 5) is 30.8. The van der Waals surface area contributed by atoms with E-state index in [1.165, 1.54) is 6.07 Å². The van der Waals surface area contributed by atoms with Crippen molar-refractivity contribution in [1.29, 1.82) is 0 Å². The molecule has 6 nitrogen and oxygen atoms in total. The molecule has 7 heteroatoms. The molecule has 4 rings (SSSR count). The van der Waals surface area contributed by atoms with Crippen molar-refractivity contribution in [3.63, 3.8) is 0 Å². The molecule has 0 unspecified atom stereocenters. The van der Waals surface area contributed by atoms with Gasteiger partial charge in [-0.05, 0) is 41.3 Å². The summed E-state index contributed by atoms with van der Waals surface area (Å²) < 4.78 is 15.2. The van der Waals surface area contributed by atoms with Gasteiger partial charge in [0.05, 0.1) is 17.5 Å². The smallest absolute Gasteiger partial charge is 0.251 e. The van der Waals surface area contributed by atoms with E-state index < -0.39 is 23.5 Å². The number of amides is 2. The maximum Gasteiger partial charge on any atom is 0.251 e. The van der Waals surface area contributed by atoms with Crippen LogP contribution in [0.1, 0.15) is 43.6 Å². The largest absolute Gasteiger partial charge is 0.366 e. The van der Waals surface area contributed by atoms with Crippen LogP contribution < -0.4 is 11.5 Å². The molecule has 2 amide bonds. The lowest BCUT2D eigenvalue weighted by Crippen LogP contribution is -2.16. The summed E-state index contributed by atoms with van der Waals surface area (Å²) in [6.07, 6.45) is 2.12. The minimum absolute atomic E-state index is 0.158. The van der Waals surface area contributed by atoms with E-state index in [4.69, 9.17) is 11.5 Å². The maximum atomic E-state index is 15.2. The van der Waals surface area contributed by atoms with Crippen LogP contribution in [0.3, 0.4) is 0 Å². The van der Waals surface area contributed by atoms with Crippen LogP contribution in [0.25, 0.3) is 11.3 Å². The number of aromatic nitrogens is 2. The van der Waals surface area contributed by atoms with Crippen LogP contribution in [-0.2, 0) is 6.42 Å². The molecule has 0 aliphatic heterocycles. The summed E-state index contributed by atoms with van der Waals surface area (Å²) in [5, 5.41) is 0. The van der Waals surface area contributed by atoms with E-state index in [2.05, 4.69) is 9.97 Å². The Balaban J connectivity index is 1.75. The number of hydrogen-bond acceptors (Lipinski definition) is 3. The average Bonchev–Trinajstić information content (AvgIpc) is 3.28. The van der Waals surface area contributed by atoms with E-state index in [0.29, 0.717) is 29.1 Å². The van der Waals surface area contributed by atoms with Crippen LogP contribution in [0.5, 0.6) is 0 Å². The molecular weight excluding hydrogens is 407 g/mol. The van der Waals surface area contributed by atoms with Gasteiger partial charge >= 0.3 is 0 Å². The number of imidazole rings is 1. The molecule has 0 fully saturated rings. The highest BCUT2D eigenvalue weighted by atomic mass is 19.1. The average molecular weight is 428 g/mol. The second-order valence-corrected chi connectivity index (χ2v) is 7.44. The molecule has 3 aromatic carbocycles. The summed E-state index contributed by atoms with van der Waals surface area (Å²) in [6.45, 7) is 0. The van der Waals surface area contributed by atoms with Crippen LogP contribution in [0.4, 0.5) is 4.39 Å². The van der Waals surface area contributed by atoms with Gasteiger partial charge in [-0.3, -0.25) is 9.59 Å². The number of hydrogen-bond donors (Lipinski definition) is 3. The number of rotatable bonds is 7. The Hall–Kier alpha value is -4.26. The summed E-state index contributed by atoms with van der Waals surface area (Å²) >= 11 is 0. The number of nitrogens with one attached hydrogen (secondary N) is 1. The van der Waals surface area contributed by atoms with E-state index in [-0.39, 0.29) is 5.56 Å². The lowest BCUT2D eigenvalue weighted by Gasteiger charge is -2.17. The zero-order valence-corrected chi connectivity index (χ0v) is 17.1. The first-order valence-electron chi connectivity index (χ1n) is 10.0. The lowest BCUT2D eigenvalue weighted by molar-refractivity contribution is 0.0989. The van der Waals surface area contributed by atoms with E-state index in [0.717, 1.165) is 11.1 Å². The Morgan fingerprint density at radius 2 is 1.62 bits per heavy atom. The van der Waals surface area contributed by atoms with Gasteiger partial charge in [0.25, 0.3) is 5.91 Å². The second-order valence-electron chi connectivity index (χ2n) is 7.44. The second kappa shape index (κ2) is 8.85. The van der Waals surface area contributed by atoms with Gasteiger partial charge in [0.15, 0.2) is 0 Å². The van der Waals surface area contributed by atoms with Crippen LogP contribution in [0.15, 0.2) is 79.0 Å². The Bertz CT molecular complexity index is 1270. The maximum absolute atomic E-state index is 15.2. The molecule has 0 bridgehead atoms. The Kier molecular flexibility index (Phi) is 5.81. The van der Waals surface area contributed by atoms with Crippen molar-refractivity contribution in [2.24, 2.45) is 11.5 Å². The summed E-state index contributed by atoms with van der Waals surface area (Å²) in [5.74, 6) is -1.91. The molecule has 0 saturated carbocycles. The molecule has 0 radical (unpaired) electrons. The van der Waals surface area contributed by atoms with Crippen molar-refractivity contribution in [1.82, 2.24) is 9.97 Å². The van der Waals surface area contributed by atoms with Crippen molar-refractivity contribution in [2.45, 2.75) is 12.3 Å². The van der Waals surface area contributed by atoms with E-state index >= 15 is 4.39 Å². The SMILES string of the molecule is NC(=O)c1ccc(-c2cnc([C@@H](Cc3ccccc3)c3cccc(C(N)=O)c3F)[nH]2)cc1. The number of nitrogens with zero attached hydrogens (tertiary/aromatic N) is 1. The van der Waals surface area contributed by atoms with Gasteiger partial charge in [-0.15, -0.1) is 0 Å². The first-order chi connectivity index (χ1) is 15.4. The van der Waals surface area contributed by atoms with Gasteiger partial charge in [-0.25, -0.2) is 9.37 Å². The Labute approximate surface area is 184 Å². The number of carbonyl (C=O) groups excluding carboxylic acids is 2. The molecule has 0 aliphatic carbocycles. The third-order valence-corrected chi connectivity index (χ3v) is 5.36. The molecule has 0 aliphatic rings. The van der Waals surface area contributed by atoms with Crippen LogP contribution in [-0.4, -0.2) is 21.8 Å². The van der Waals surface area contributed by atoms with Crippen LogP contribution in [0.2, 0.25) is 0 Å². The van der Waals surface area contributed by atoms with Gasteiger partial charge in [0.2, 0.25) is 5.91 Å². The van der Waals surface area contributed by atoms with E-state index in [9.17, 15) is 9.59 Å². The molecule has 0 saturated heterocycles. The molecule has 1 heterocycles. The zero-order chi connectivity index (χ0) is 22.7. The monoisotopic (exact) mass is 428 g/mol. The minimum Gasteiger partial charge on any atom is -0.366 e. The molecule has 32 heavy (non-hydrogen) atoms. The first-order valence-corrected chi connectivity index (χ1v) is 10.0. The molecule has 0 spiro atoms. The molecule has 4 aromatic rings. The van der Waals surface area contributed by atoms with Crippen LogP contribution >= 0.6 is 0 Å². The van der Waals surface area contributed by atoms with Gasteiger partial charge in [-0.2, -0.15) is 0 Å². The summed E-state index contributed by atoms with van der Waals surface area (Å²) in [7, 11) is 0. The number of aromatic amines is 1.